The van der Waals surface area contributed by atoms with Crippen LogP contribution in [0.15, 0.2) is 18.2 Å². The van der Waals surface area contributed by atoms with Crippen LogP contribution in [0.25, 0.3) is 0 Å². The zero-order chi connectivity index (χ0) is 8.97. The second-order valence-electron chi connectivity index (χ2n) is 2.20. The molecule has 0 aromatic heterocycles. The molecular weight excluding hydrogens is 190 g/mol. The summed E-state index contributed by atoms with van der Waals surface area (Å²) >= 11 is 9.82. The van der Waals surface area contributed by atoms with Gasteiger partial charge in [-0.25, -0.2) is 0 Å². The Morgan fingerprint density at radius 2 is 2.25 bits per heavy atom. The first-order valence-corrected chi connectivity index (χ1v) is 4.40. The van der Waals surface area contributed by atoms with E-state index in [0.29, 0.717) is 16.5 Å². The number of rotatable bonds is 0. The van der Waals surface area contributed by atoms with Crippen LogP contribution in [-0.2, 0) is 0 Å². The van der Waals surface area contributed by atoms with Gasteiger partial charge in [-0.15, -0.1) is 0 Å². The largest absolute Gasteiger partial charge is 0.399 e. The van der Waals surface area contributed by atoms with Gasteiger partial charge in [0, 0.05) is 11.3 Å². The van der Waals surface area contributed by atoms with Crippen LogP contribution in [0.3, 0.4) is 0 Å². The predicted octanol–water partition coefficient (Wildman–Crippen LogP) is 2.20. The molecule has 0 unspecified atom stereocenters. The Morgan fingerprint density at radius 1 is 1.50 bits per heavy atom. The minimum atomic E-state index is 0.528. The average Bonchev–Trinajstić information content (AvgIpc) is 2.03. The number of hydrogen-bond acceptors (Lipinski definition) is 2. The summed E-state index contributed by atoms with van der Waals surface area (Å²) in [7, 11) is 0. The maximum atomic E-state index is 5.86. The molecule has 0 spiro atoms. The number of benzene rings is 1. The van der Waals surface area contributed by atoms with Gasteiger partial charge in [0.1, 0.15) is 0 Å². The van der Waals surface area contributed by atoms with Gasteiger partial charge in [0.25, 0.3) is 0 Å². The molecule has 0 saturated carbocycles. The third kappa shape index (κ3) is 2.37. The lowest BCUT2D eigenvalue weighted by Gasteiger charge is -1.96. The fourth-order valence-electron chi connectivity index (χ4n) is 0.767. The van der Waals surface area contributed by atoms with Crippen molar-refractivity contribution < 1.29 is 0 Å². The van der Waals surface area contributed by atoms with E-state index in [1.165, 1.54) is 0 Å². The summed E-state index contributed by atoms with van der Waals surface area (Å²) in [5.74, 6) is 6.22. The molecule has 1 aromatic rings. The molecule has 0 aliphatic heterocycles. The number of nitrogen functional groups attached to an aromatic ring is 1. The van der Waals surface area contributed by atoms with E-state index in [1.54, 1.807) is 18.2 Å². The highest BCUT2D eigenvalue weighted by molar-refractivity contribution is 7.80. The molecule has 2 N–H and O–H groups in total. The monoisotopic (exact) mass is 197 g/mol. The van der Waals surface area contributed by atoms with Crippen molar-refractivity contribution in [1.82, 2.24) is 0 Å². The van der Waals surface area contributed by atoms with Gasteiger partial charge in [-0.3, -0.25) is 0 Å². The van der Waals surface area contributed by atoms with Crippen LogP contribution in [-0.4, -0.2) is 5.75 Å². The average molecular weight is 198 g/mol. The first kappa shape index (κ1) is 9.31. The van der Waals surface area contributed by atoms with Gasteiger partial charge in [-0.1, -0.05) is 23.4 Å². The van der Waals surface area contributed by atoms with E-state index in [2.05, 4.69) is 24.5 Å². The minimum absolute atomic E-state index is 0.528. The van der Waals surface area contributed by atoms with Gasteiger partial charge in [0.15, 0.2) is 0 Å². The maximum absolute atomic E-state index is 5.86. The van der Waals surface area contributed by atoms with Crippen molar-refractivity contribution in [3.63, 3.8) is 0 Å². The van der Waals surface area contributed by atoms with E-state index in [-0.39, 0.29) is 0 Å². The SMILES string of the molecule is Nc1ccc(C#CCS)c(Cl)c1. The summed E-state index contributed by atoms with van der Waals surface area (Å²) in [5, 5.41) is 0.587. The lowest BCUT2D eigenvalue weighted by atomic mass is 10.2. The van der Waals surface area contributed by atoms with Crippen molar-refractivity contribution in [3.05, 3.63) is 28.8 Å². The second-order valence-corrected chi connectivity index (χ2v) is 2.92. The summed E-state index contributed by atoms with van der Waals surface area (Å²) < 4.78 is 0. The van der Waals surface area contributed by atoms with Gasteiger partial charge in [-0.05, 0) is 18.2 Å². The molecule has 0 bridgehead atoms. The highest BCUT2D eigenvalue weighted by atomic mass is 35.5. The Morgan fingerprint density at radius 3 is 2.83 bits per heavy atom. The molecule has 1 nitrogen and oxygen atoms in total. The third-order valence-corrected chi connectivity index (χ3v) is 1.77. The number of nitrogens with two attached hydrogens (primary N) is 1. The van der Waals surface area contributed by atoms with Crippen LogP contribution in [0.5, 0.6) is 0 Å². The van der Waals surface area contributed by atoms with E-state index < -0.39 is 0 Å². The Bertz CT molecular complexity index is 338. The van der Waals surface area contributed by atoms with Crippen LogP contribution in [0, 0.1) is 11.8 Å². The third-order valence-electron chi connectivity index (χ3n) is 1.30. The normalized spacial score (nSPS) is 8.83. The summed E-state index contributed by atoms with van der Waals surface area (Å²) in [4.78, 5) is 0. The second kappa shape index (κ2) is 4.30. The van der Waals surface area contributed by atoms with Gasteiger partial charge in [0.2, 0.25) is 0 Å². The molecule has 0 atom stereocenters. The van der Waals surface area contributed by atoms with Gasteiger partial charge < -0.3 is 5.73 Å². The molecule has 3 heteroatoms. The molecule has 0 aliphatic carbocycles. The van der Waals surface area contributed by atoms with E-state index in [0.717, 1.165) is 5.56 Å². The molecule has 12 heavy (non-hydrogen) atoms. The molecular formula is C9H8ClNS. The van der Waals surface area contributed by atoms with Crippen LogP contribution >= 0.6 is 24.2 Å². The van der Waals surface area contributed by atoms with Crippen molar-refractivity contribution >= 4 is 29.9 Å². The van der Waals surface area contributed by atoms with E-state index in [1.807, 2.05) is 0 Å². The minimum Gasteiger partial charge on any atom is -0.399 e. The zero-order valence-corrected chi connectivity index (χ0v) is 7.99. The smallest absolute Gasteiger partial charge is 0.0582 e. The molecule has 0 radical (unpaired) electrons. The van der Waals surface area contributed by atoms with Crippen molar-refractivity contribution in [2.75, 3.05) is 11.5 Å². The number of hydrogen-bond donors (Lipinski definition) is 2. The molecule has 1 aromatic carbocycles. The van der Waals surface area contributed by atoms with Crippen LogP contribution in [0.2, 0.25) is 5.02 Å². The Hall–Kier alpha value is -0.780. The number of thiol groups is 1. The first-order valence-electron chi connectivity index (χ1n) is 3.39. The lowest BCUT2D eigenvalue weighted by molar-refractivity contribution is 1.63. The summed E-state index contributed by atoms with van der Waals surface area (Å²) in [6.45, 7) is 0. The molecule has 1 rings (SSSR count). The Labute approximate surface area is 82.3 Å². The molecule has 0 aliphatic rings. The topological polar surface area (TPSA) is 26.0 Å². The molecule has 0 amide bonds. The van der Waals surface area contributed by atoms with Crippen molar-refractivity contribution in [2.45, 2.75) is 0 Å². The molecule has 0 heterocycles. The fourth-order valence-corrected chi connectivity index (χ4v) is 1.08. The Kier molecular flexibility index (Phi) is 3.33. The van der Waals surface area contributed by atoms with Crippen LogP contribution < -0.4 is 5.73 Å². The van der Waals surface area contributed by atoms with Gasteiger partial charge in [0.05, 0.1) is 10.8 Å². The number of halogens is 1. The van der Waals surface area contributed by atoms with E-state index >= 15 is 0 Å². The zero-order valence-electron chi connectivity index (χ0n) is 6.34. The Balaban J connectivity index is 3.01. The number of anilines is 1. The quantitative estimate of drug-likeness (QED) is 0.372. The van der Waals surface area contributed by atoms with E-state index in [9.17, 15) is 0 Å². The maximum Gasteiger partial charge on any atom is 0.0582 e. The van der Waals surface area contributed by atoms with Gasteiger partial charge >= 0.3 is 0 Å². The predicted molar refractivity (Wildman–Crippen MR) is 56.6 cm³/mol. The molecule has 0 fully saturated rings. The van der Waals surface area contributed by atoms with Crippen molar-refractivity contribution in [2.24, 2.45) is 0 Å². The summed E-state index contributed by atoms with van der Waals surface area (Å²) in [6.07, 6.45) is 0. The first-order chi connectivity index (χ1) is 5.74. The van der Waals surface area contributed by atoms with Crippen molar-refractivity contribution in [1.29, 1.82) is 0 Å². The standard InChI is InChI=1S/C9H8ClNS/c10-9-6-8(11)4-3-7(9)2-1-5-12/h3-4,6,12H,5,11H2. The highest BCUT2D eigenvalue weighted by Gasteiger charge is 1.95. The van der Waals surface area contributed by atoms with Crippen LogP contribution in [0.4, 0.5) is 5.69 Å². The van der Waals surface area contributed by atoms with Crippen molar-refractivity contribution in [3.8, 4) is 11.8 Å². The summed E-state index contributed by atoms with van der Waals surface area (Å²) in [5.41, 5.74) is 6.95. The van der Waals surface area contributed by atoms with Crippen LogP contribution in [0.1, 0.15) is 5.56 Å². The van der Waals surface area contributed by atoms with E-state index in [4.69, 9.17) is 17.3 Å². The van der Waals surface area contributed by atoms with Gasteiger partial charge in [-0.2, -0.15) is 12.6 Å². The summed E-state index contributed by atoms with van der Waals surface area (Å²) in [6, 6.07) is 5.26. The molecule has 0 saturated heterocycles. The highest BCUT2D eigenvalue weighted by Crippen LogP contribution is 2.17. The lowest BCUT2D eigenvalue weighted by Crippen LogP contribution is -1.85. The fraction of sp³-hybridized carbons (Fsp3) is 0.111. The molecule has 62 valence electrons.